The van der Waals surface area contributed by atoms with Crippen molar-refractivity contribution in [3.63, 3.8) is 0 Å². The number of amides is 1. The Morgan fingerprint density at radius 2 is 1.71 bits per heavy atom. The van der Waals surface area contributed by atoms with Crippen molar-refractivity contribution in [3.05, 3.63) is 70.2 Å². The van der Waals surface area contributed by atoms with Crippen LogP contribution in [0.15, 0.2) is 53.1 Å². The van der Waals surface area contributed by atoms with Crippen molar-refractivity contribution in [1.29, 1.82) is 0 Å². The van der Waals surface area contributed by atoms with E-state index in [0.29, 0.717) is 12.2 Å². The molecule has 0 fully saturated rings. The predicted molar refractivity (Wildman–Crippen MR) is 180 cm³/mol. The van der Waals surface area contributed by atoms with E-state index in [-0.39, 0.29) is 5.60 Å². The molecular weight excluding hydrogens is 542 g/mol. The summed E-state index contributed by atoms with van der Waals surface area (Å²) >= 11 is 1.68. The molecule has 0 aliphatic carbocycles. The molecule has 0 saturated carbocycles. The van der Waals surface area contributed by atoms with Crippen LogP contribution in [-0.4, -0.2) is 28.8 Å². The number of oxime groups is 1. The van der Waals surface area contributed by atoms with Crippen LogP contribution >= 0.6 is 11.3 Å². The summed E-state index contributed by atoms with van der Waals surface area (Å²) in [6.45, 7) is 19.3. The van der Waals surface area contributed by atoms with Crippen molar-refractivity contribution in [2.45, 2.75) is 113 Å². The molecule has 42 heavy (non-hydrogen) atoms. The van der Waals surface area contributed by atoms with Crippen molar-refractivity contribution in [2.75, 3.05) is 6.61 Å². The van der Waals surface area contributed by atoms with Crippen LogP contribution in [0.2, 0.25) is 0 Å². The minimum atomic E-state index is -0.408. The van der Waals surface area contributed by atoms with E-state index in [4.69, 9.17) is 15.3 Å². The summed E-state index contributed by atoms with van der Waals surface area (Å²) in [5.74, 6) is 0.582. The molecule has 0 saturated heterocycles. The Hall–Kier alpha value is -3.19. The zero-order chi connectivity index (χ0) is 31.5. The zero-order valence-electron chi connectivity index (χ0n) is 27.4. The van der Waals surface area contributed by atoms with E-state index in [9.17, 15) is 4.79 Å². The standard InChI is InChI=1S/C17H24N2O2.C14H17NOS.2C2H6/c1-3-5-11-17(10-4-2)12-15(19-21-17)13-6-8-14(9-7-13)16(18)20;1-4-11-9-13(16-5-2)10(3)8-12(11)14-15-6-7-17-14;2*1-2/h6-9H,3-5,10-12H2,1-2H3,(H2,18,20);6-9H,4-5H2,1-3H3;2*1-2H3. The number of ether oxygens (including phenoxy) is 1. The number of primary amides is 1. The van der Waals surface area contributed by atoms with E-state index in [1.165, 1.54) is 16.7 Å². The zero-order valence-corrected chi connectivity index (χ0v) is 28.2. The van der Waals surface area contributed by atoms with Crippen LogP contribution in [0.25, 0.3) is 10.6 Å². The number of carbonyl (C=O) groups is 1. The molecule has 1 atom stereocenters. The first-order valence-electron chi connectivity index (χ1n) is 15.7. The van der Waals surface area contributed by atoms with Gasteiger partial charge in [-0.1, -0.05) is 78.6 Å². The number of aromatic nitrogens is 1. The van der Waals surface area contributed by atoms with Crippen molar-refractivity contribution >= 4 is 23.0 Å². The van der Waals surface area contributed by atoms with E-state index in [0.717, 1.165) is 67.0 Å². The lowest BCUT2D eigenvalue weighted by Gasteiger charge is -2.26. The third-order valence-corrected chi connectivity index (χ3v) is 7.58. The minimum absolute atomic E-state index is 0.136. The normalized spacial score (nSPS) is 15.0. The second-order valence-corrected chi connectivity index (χ2v) is 10.6. The summed E-state index contributed by atoms with van der Waals surface area (Å²) in [5, 5.41) is 7.41. The molecule has 7 heteroatoms. The molecule has 6 nitrogen and oxygen atoms in total. The SMILES string of the molecule is CC.CC.CCCCC1(CCC)CC(c2ccc(C(N)=O)cc2)=NO1.CCOc1cc(CC)c(-c2nccs2)cc1C. The molecule has 3 aromatic rings. The maximum absolute atomic E-state index is 11.1. The lowest BCUT2D eigenvalue weighted by molar-refractivity contribution is -0.0334. The first-order valence-corrected chi connectivity index (χ1v) is 16.6. The lowest BCUT2D eigenvalue weighted by Crippen LogP contribution is -2.29. The lowest BCUT2D eigenvalue weighted by atomic mass is 9.85. The van der Waals surface area contributed by atoms with E-state index in [1.54, 1.807) is 23.5 Å². The second-order valence-electron chi connectivity index (χ2n) is 9.68. The van der Waals surface area contributed by atoms with Gasteiger partial charge < -0.3 is 15.3 Å². The van der Waals surface area contributed by atoms with Crippen molar-refractivity contribution < 1.29 is 14.4 Å². The van der Waals surface area contributed by atoms with Gasteiger partial charge in [0.2, 0.25) is 5.91 Å². The first kappa shape index (κ1) is 36.8. The molecule has 232 valence electrons. The van der Waals surface area contributed by atoms with E-state index >= 15 is 0 Å². The number of thiazole rings is 1. The van der Waals surface area contributed by atoms with Crippen molar-refractivity contribution in [3.8, 4) is 16.3 Å². The Balaban J connectivity index is 0.000000382. The summed E-state index contributed by atoms with van der Waals surface area (Å²) in [5.41, 5.74) is 11.3. The summed E-state index contributed by atoms with van der Waals surface area (Å²) in [6, 6.07) is 11.6. The number of aryl methyl sites for hydroxylation is 2. The van der Waals surface area contributed by atoms with Gasteiger partial charge in [-0.05, 0) is 80.5 Å². The molecule has 1 amide bonds. The number of carbonyl (C=O) groups excluding carboxylic acids is 1. The van der Waals surface area contributed by atoms with Crippen LogP contribution in [-0.2, 0) is 11.3 Å². The molecule has 0 bridgehead atoms. The number of hydrogen-bond acceptors (Lipinski definition) is 6. The summed E-state index contributed by atoms with van der Waals surface area (Å²) in [7, 11) is 0. The predicted octanol–water partition coefficient (Wildman–Crippen LogP) is 9.77. The highest BCUT2D eigenvalue weighted by Gasteiger charge is 2.38. The molecule has 0 spiro atoms. The molecule has 1 aliphatic heterocycles. The monoisotopic (exact) mass is 595 g/mol. The van der Waals surface area contributed by atoms with Crippen LogP contribution in [0.4, 0.5) is 0 Å². The van der Waals surface area contributed by atoms with E-state index in [2.05, 4.69) is 50.0 Å². The van der Waals surface area contributed by atoms with Crippen LogP contribution in [0.1, 0.15) is 121 Å². The molecule has 1 unspecified atom stereocenters. The Labute approximate surface area is 258 Å². The summed E-state index contributed by atoms with van der Waals surface area (Å²) < 4.78 is 5.63. The maximum Gasteiger partial charge on any atom is 0.248 e. The number of unbranched alkanes of at least 4 members (excludes halogenated alkanes) is 1. The van der Waals surface area contributed by atoms with Crippen LogP contribution in [0.3, 0.4) is 0 Å². The Bertz CT molecular complexity index is 1210. The van der Waals surface area contributed by atoms with Crippen LogP contribution in [0, 0.1) is 6.92 Å². The average Bonchev–Trinajstić information content (AvgIpc) is 3.71. The van der Waals surface area contributed by atoms with Gasteiger partial charge in [0.15, 0.2) is 0 Å². The van der Waals surface area contributed by atoms with Gasteiger partial charge in [-0.2, -0.15) is 0 Å². The third kappa shape index (κ3) is 10.6. The number of benzene rings is 2. The van der Waals surface area contributed by atoms with Gasteiger partial charge in [-0.25, -0.2) is 4.98 Å². The molecular formula is C35H53N3O3S. The van der Waals surface area contributed by atoms with Crippen LogP contribution in [0.5, 0.6) is 5.75 Å². The Kier molecular flexibility index (Phi) is 17.4. The van der Waals surface area contributed by atoms with E-state index < -0.39 is 5.91 Å². The first-order chi connectivity index (χ1) is 20.4. The number of hydrogen-bond donors (Lipinski definition) is 1. The fourth-order valence-electron chi connectivity index (χ4n) is 4.74. The number of rotatable bonds is 11. The molecule has 1 aliphatic rings. The smallest absolute Gasteiger partial charge is 0.248 e. The molecule has 2 N–H and O–H groups in total. The van der Waals surface area contributed by atoms with Gasteiger partial charge in [0.05, 0.1) is 12.3 Å². The minimum Gasteiger partial charge on any atom is -0.494 e. The van der Waals surface area contributed by atoms with Gasteiger partial charge in [0.1, 0.15) is 16.4 Å². The van der Waals surface area contributed by atoms with Gasteiger partial charge in [-0.3, -0.25) is 4.79 Å². The van der Waals surface area contributed by atoms with Gasteiger partial charge >= 0.3 is 0 Å². The molecule has 2 heterocycles. The molecule has 1 aromatic heterocycles. The molecule has 2 aromatic carbocycles. The van der Waals surface area contributed by atoms with Crippen molar-refractivity contribution in [2.24, 2.45) is 10.9 Å². The largest absolute Gasteiger partial charge is 0.494 e. The number of nitrogens with two attached hydrogens (primary N) is 1. The fourth-order valence-corrected chi connectivity index (χ4v) is 5.43. The Morgan fingerprint density at radius 3 is 2.24 bits per heavy atom. The van der Waals surface area contributed by atoms with Crippen LogP contribution < -0.4 is 10.5 Å². The Morgan fingerprint density at radius 1 is 1.02 bits per heavy atom. The maximum atomic E-state index is 11.1. The molecule has 4 rings (SSSR count). The fraction of sp³-hybridized carbons (Fsp3) is 0.514. The highest BCUT2D eigenvalue weighted by atomic mass is 32.1. The summed E-state index contributed by atoms with van der Waals surface area (Å²) in [6.07, 6.45) is 9.17. The molecule has 0 radical (unpaired) electrons. The quantitative estimate of drug-likeness (QED) is 0.239. The average molecular weight is 596 g/mol. The summed E-state index contributed by atoms with van der Waals surface area (Å²) in [4.78, 5) is 21.3. The highest BCUT2D eigenvalue weighted by molar-refractivity contribution is 7.13. The highest BCUT2D eigenvalue weighted by Crippen LogP contribution is 2.36. The van der Waals surface area contributed by atoms with Gasteiger partial charge in [0, 0.05) is 29.1 Å². The topological polar surface area (TPSA) is 86.8 Å². The third-order valence-electron chi connectivity index (χ3n) is 6.78. The van der Waals surface area contributed by atoms with Gasteiger partial charge in [-0.15, -0.1) is 11.3 Å². The number of nitrogens with zero attached hydrogens (tertiary/aromatic N) is 2. The van der Waals surface area contributed by atoms with Crippen molar-refractivity contribution in [1.82, 2.24) is 4.98 Å². The van der Waals surface area contributed by atoms with Gasteiger partial charge in [0.25, 0.3) is 0 Å². The van der Waals surface area contributed by atoms with E-state index in [1.807, 2.05) is 58.3 Å². The second kappa shape index (κ2) is 19.8.